The van der Waals surface area contributed by atoms with Gasteiger partial charge in [-0.3, -0.25) is 4.79 Å². The molecule has 0 radical (unpaired) electrons. The van der Waals surface area contributed by atoms with Crippen LogP contribution < -0.4 is 5.73 Å². The lowest BCUT2D eigenvalue weighted by Gasteiger charge is -1.95. The average molecular weight is 225 g/mol. The Balaban J connectivity index is 2.38. The fraction of sp³-hybridized carbons (Fsp3) is 0.0769. The van der Waals surface area contributed by atoms with Crippen molar-refractivity contribution in [3.05, 3.63) is 41.6 Å². The van der Waals surface area contributed by atoms with Gasteiger partial charge >= 0.3 is 0 Å². The van der Waals surface area contributed by atoms with E-state index in [1.165, 1.54) is 0 Å². The van der Waals surface area contributed by atoms with E-state index >= 15 is 0 Å². The van der Waals surface area contributed by atoms with Gasteiger partial charge in [-0.05, 0) is 31.2 Å². The highest BCUT2D eigenvalue weighted by Crippen LogP contribution is 2.25. The monoisotopic (exact) mass is 225 g/mol. The lowest BCUT2D eigenvalue weighted by Crippen LogP contribution is -2.10. The van der Waals surface area contributed by atoms with Crippen molar-refractivity contribution >= 4 is 27.8 Å². The molecule has 1 aromatic carbocycles. The van der Waals surface area contributed by atoms with Crippen molar-refractivity contribution in [2.45, 2.75) is 6.92 Å². The van der Waals surface area contributed by atoms with E-state index in [1.54, 1.807) is 12.1 Å². The molecule has 0 fully saturated rings. The highest BCUT2D eigenvalue weighted by atomic mass is 16.1. The number of aromatic amines is 1. The number of hydrogen-bond acceptors (Lipinski definition) is 2. The molecule has 2 aromatic heterocycles. The van der Waals surface area contributed by atoms with Gasteiger partial charge in [-0.15, -0.1) is 0 Å². The minimum absolute atomic E-state index is 0.422. The molecule has 0 spiro atoms. The molecule has 4 heteroatoms. The number of carbonyl (C=O) groups is 1. The molecule has 0 atom stereocenters. The van der Waals surface area contributed by atoms with Gasteiger partial charge in [0.1, 0.15) is 5.65 Å². The molecule has 0 saturated heterocycles. The van der Waals surface area contributed by atoms with Gasteiger partial charge in [0.25, 0.3) is 0 Å². The minimum atomic E-state index is -0.422. The molecular weight excluding hydrogens is 214 g/mol. The zero-order valence-corrected chi connectivity index (χ0v) is 9.32. The van der Waals surface area contributed by atoms with Gasteiger partial charge < -0.3 is 10.7 Å². The SMILES string of the molecule is Cc1ccc2c(n1)[nH]c1cc(C(N)=O)ccc12. The molecule has 1 amide bonds. The molecule has 3 rings (SSSR count). The van der Waals surface area contributed by atoms with Gasteiger partial charge in [0.2, 0.25) is 5.91 Å². The lowest BCUT2D eigenvalue weighted by atomic mass is 10.1. The van der Waals surface area contributed by atoms with Crippen LogP contribution in [0.15, 0.2) is 30.3 Å². The van der Waals surface area contributed by atoms with Crippen LogP contribution in [-0.4, -0.2) is 15.9 Å². The average Bonchev–Trinajstić information content (AvgIpc) is 2.64. The molecule has 3 N–H and O–H groups in total. The van der Waals surface area contributed by atoms with Crippen molar-refractivity contribution < 1.29 is 4.79 Å². The molecule has 0 aliphatic carbocycles. The predicted octanol–water partition coefficient (Wildman–Crippen LogP) is 2.12. The highest BCUT2D eigenvalue weighted by Gasteiger charge is 2.07. The number of H-pyrrole nitrogens is 1. The van der Waals surface area contributed by atoms with E-state index in [-0.39, 0.29) is 0 Å². The molecular formula is C13H11N3O. The molecule has 0 aliphatic rings. The maximum Gasteiger partial charge on any atom is 0.248 e. The Labute approximate surface area is 97.5 Å². The number of aryl methyl sites for hydroxylation is 1. The van der Waals surface area contributed by atoms with Crippen LogP contribution in [0.5, 0.6) is 0 Å². The summed E-state index contributed by atoms with van der Waals surface area (Å²) in [6, 6.07) is 9.38. The number of pyridine rings is 1. The van der Waals surface area contributed by atoms with Crippen molar-refractivity contribution in [2.24, 2.45) is 5.73 Å². The first-order valence-electron chi connectivity index (χ1n) is 5.34. The summed E-state index contributed by atoms with van der Waals surface area (Å²) in [5.74, 6) is -0.422. The summed E-state index contributed by atoms with van der Waals surface area (Å²) >= 11 is 0. The van der Waals surface area contributed by atoms with Crippen molar-refractivity contribution in [1.82, 2.24) is 9.97 Å². The molecule has 17 heavy (non-hydrogen) atoms. The maximum absolute atomic E-state index is 11.1. The largest absolute Gasteiger partial charge is 0.366 e. The van der Waals surface area contributed by atoms with E-state index in [0.717, 1.165) is 27.6 Å². The van der Waals surface area contributed by atoms with Crippen LogP contribution in [0.2, 0.25) is 0 Å². The molecule has 2 heterocycles. The highest BCUT2D eigenvalue weighted by molar-refractivity contribution is 6.08. The van der Waals surface area contributed by atoms with E-state index in [0.29, 0.717) is 5.56 Å². The van der Waals surface area contributed by atoms with Crippen LogP contribution in [0.3, 0.4) is 0 Å². The van der Waals surface area contributed by atoms with Crippen molar-refractivity contribution in [2.75, 3.05) is 0 Å². The molecule has 84 valence electrons. The first-order chi connectivity index (χ1) is 8.15. The number of nitrogens with two attached hydrogens (primary N) is 1. The van der Waals surface area contributed by atoms with Crippen molar-refractivity contribution in [3.8, 4) is 0 Å². The smallest absolute Gasteiger partial charge is 0.248 e. The number of nitrogens with one attached hydrogen (secondary N) is 1. The molecule has 0 saturated carbocycles. The second-order valence-electron chi connectivity index (χ2n) is 4.10. The van der Waals surface area contributed by atoms with Crippen LogP contribution in [0.1, 0.15) is 16.1 Å². The minimum Gasteiger partial charge on any atom is -0.366 e. The third-order valence-electron chi connectivity index (χ3n) is 2.88. The number of primary amides is 1. The standard InChI is InChI=1S/C13H11N3O/c1-7-2-4-10-9-5-3-8(12(14)17)6-11(9)16-13(10)15-7/h2-6H,1H3,(H2,14,17)(H,15,16). The van der Waals surface area contributed by atoms with Crippen molar-refractivity contribution in [1.29, 1.82) is 0 Å². The molecule has 0 aliphatic heterocycles. The second kappa shape index (κ2) is 3.31. The van der Waals surface area contributed by atoms with Crippen molar-refractivity contribution in [3.63, 3.8) is 0 Å². The van der Waals surface area contributed by atoms with Crippen LogP contribution in [0.4, 0.5) is 0 Å². The third kappa shape index (κ3) is 1.45. The first-order valence-corrected chi connectivity index (χ1v) is 5.34. The first kappa shape index (κ1) is 9.84. The van der Waals surface area contributed by atoms with Crippen LogP contribution >= 0.6 is 0 Å². The maximum atomic E-state index is 11.1. The van der Waals surface area contributed by atoms with E-state index in [9.17, 15) is 4.79 Å². The van der Waals surface area contributed by atoms with Gasteiger partial charge in [-0.25, -0.2) is 4.98 Å². The Morgan fingerprint density at radius 3 is 2.76 bits per heavy atom. The Kier molecular flexibility index (Phi) is 1.92. The Bertz CT molecular complexity index is 743. The number of amides is 1. The third-order valence-corrected chi connectivity index (χ3v) is 2.88. The molecule has 0 bridgehead atoms. The molecule has 0 unspecified atom stereocenters. The van der Waals surface area contributed by atoms with Gasteiger partial charge in [0, 0.05) is 27.5 Å². The van der Waals surface area contributed by atoms with E-state index < -0.39 is 5.91 Å². The zero-order valence-electron chi connectivity index (χ0n) is 9.32. The zero-order chi connectivity index (χ0) is 12.0. The topological polar surface area (TPSA) is 71.8 Å². The van der Waals surface area contributed by atoms with Crippen LogP contribution in [0.25, 0.3) is 21.9 Å². The summed E-state index contributed by atoms with van der Waals surface area (Å²) in [7, 11) is 0. The van der Waals surface area contributed by atoms with Gasteiger partial charge in [-0.2, -0.15) is 0 Å². The van der Waals surface area contributed by atoms with Gasteiger partial charge in [0.05, 0.1) is 0 Å². The van der Waals surface area contributed by atoms with Crippen LogP contribution in [0, 0.1) is 6.92 Å². The fourth-order valence-electron chi connectivity index (χ4n) is 2.03. The summed E-state index contributed by atoms with van der Waals surface area (Å²) in [6.07, 6.45) is 0. The Hall–Kier alpha value is -2.36. The number of rotatable bonds is 1. The van der Waals surface area contributed by atoms with E-state index in [4.69, 9.17) is 5.73 Å². The summed E-state index contributed by atoms with van der Waals surface area (Å²) in [6.45, 7) is 1.94. The van der Waals surface area contributed by atoms with Gasteiger partial charge in [-0.1, -0.05) is 6.07 Å². The predicted molar refractivity (Wildman–Crippen MR) is 66.9 cm³/mol. The number of carbonyl (C=O) groups excluding carboxylic acids is 1. The normalized spacial score (nSPS) is 11.1. The summed E-state index contributed by atoms with van der Waals surface area (Å²) in [4.78, 5) is 18.7. The second-order valence-corrected chi connectivity index (χ2v) is 4.10. The van der Waals surface area contributed by atoms with Crippen LogP contribution in [-0.2, 0) is 0 Å². The number of benzene rings is 1. The molecule has 4 nitrogen and oxygen atoms in total. The number of fused-ring (bicyclic) bond motifs is 3. The summed E-state index contributed by atoms with van der Waals surface area (Å²) in [5.41, 5.74) is 8.43. The Morgan fingerprint density at radius 2 is 2.00 bits per heavy atom. The van der Waals surface area contributed by atoms with E-state index in [1.807, 2.05) is 25.1 Å². The van der Waals surface area contributed by atoms with Gasteiger partial charge in [0.15, 0.2) is 0 Å². The lowest BCUT2D eigenvalue weighted by molar-refractivity contribution is 0.100. The Morgan fingerprint density at radius 1 is 1.24 bits per heavy atom. The number of nitrogens with zero attached hydrogens (tertiary/aromatic N) is 1. The fourth-order valence-corrected chi connectivity index (χ4v) is 2.03. The van der Waals surface area contributed by atoms with E-state index in [2.05, 4.69) is 9.97 Å². The quantitative estimate of drug-likeness (QED) is 0.665. The summed E-state index contributed by atoms with van der Waals surface area (Å²) < 4.78 is 0. The summed E-state index contributed by atoms with van der Waals surface area (Å²) in [5, 5.41) is 2.11. The number of aromatic nitrogens is 2. The number of hydrogen-bond donors (Lipinski definition) is 2. The molecule has 3 aromatic rings.